The van der Waals surface area contributed by atoms with Crippen molar-refractivity contribution in [2.75, 3.05) is 6.61 Å². The Labute approximate surface area is 144 Å². The van der Waals surface area contributed by atoms with Gasteiger partial charge in [-0.1, -0.05) is 19.7 Å². The molecule has 0 saturated heterocycles. The Bertz CT molecular complexity index is 768. The van der Waals surface area contributed by atoms with Crippen molar-refractivity contribution in [2.24, 2.45) is 0 Å². The maximum absolute atomic E-state index is 11.5. The third kappa shape index (κ3) is 5.92. The number of H-pyrrole nitrogens is 2. The van der Waals surface area contributed by atoms with E-state index >= 15 is 0 Å². The lowest BCUT2D eigenvalue weighted by Crippen LogP contribution is -2.49. The first kappa shape index (κ1) is 20.1. The van der Waals surface area contributed by atoms with Crippen LogP contribution in [0.4, 0.5) is 0 Å². The number of aromatic nitrogens is 3. The van der Waals surface area contributed by atoms with Gasteiger partial charge in [-0.15, -0.1) is 4.98 Å². The van der Waals surface area contributed by atoms with Crippen LogP contribution in [0.5, 0.6) is 6.01 Å². The van der Waals surface area contributed by atoms with Gasteiger partial charge in [0.2, 0.25) is 6.61 Å². The van der Waals surface area contributed by atoms with Crippen LogP contribution in [0.15, 0.2) is 47.6 Å². The summed E-state index contributed by atoms with van der Waals surface area (Å²) in [6.45, 7) is 8.43. The molecule has 12 heteroatoms. The molecule has 12 nitrogen and oxygen atoms in total. The quantitative estimate of drug-likeness (QED) is 0.303. The highest BCUT2D eigenvalue weighted by Crippen LogP contribution is 2.19. The molecule has 1 aromatic rings. The monoisotopic (exact) mass is 367 g/mol. The minimum atomic E-state index is -2.75. The van der Waals surface area contributed by atoms with Crippen LogP contribution in [-0.4, -0.2) is 45.4 Å². The summed E-state index contributed by atoms with van der Waals surface area (Å²) in [5.41, 5.74) is -2.01. The largest absolute Gasteiger partial charge is 0.460 e. The van der Waals surface area contributed by atoms with E-state index in [9.17, 15) is 24.0 Å². The molecule has 138 valence electrons. The van der Waals surface area contributed by atoms with Crippen LogP contribution in [0.3, 0.4) is 0 Å². The highest BCUT2D eigenvalue weighted by molar-refractivity contribution is 5.85. The summed E-state index contributed by atoms with van der Waals surface area (Å²) < 4.78 is 19.2. The number of hydrogen-bond donors (Lipinski definition) is 2. The highest BCUT2D eigenvalue weighted by atomic mass is 16.9. The van der Waals surface area contributed by atoms with Crippen LogP contribution < -0.4 is 16.1 Å². The third-order valence-electron chi connectivity index (χ3n) is 2.30. The zero-order valence-corrected chi connectivity index (χ0v) is 13.2. The van der Waals surface area contributed by atoms with E-state index in [1.165, 1.54) is 0 Å². The Kier molecular flexibility index (Phi) is 6.77. The molecule has 0 saturated carbocycles. The maximum atomic E-state index is 11.5. The number of ether oxygens (including phenoxy) is 4. The number of nitrogens with zero attached hydrogens (tertiary/aromatic N) is 1. The van der Waals surface area contributed by atoms with E-state index in [-0.39, 0.29) is 0 Å². The van der Waals surface area contributed by atoms with Crippen molar-refractivity contribution in [3.05, 3.63) is 58.9 Å². The average molecular weight is 367 g/mol. The maximum Gasteiger partial charge on any atom is 0.460 e. The third-order valence-corrected chi connectivity index (χ3v) is 2.30. The SMILES string of the molecule is C=CC(=O)OC(COc1nc(=O)[nH]c(=O)[nH]1)(OC(=O)C=C)OC(=O)C=C. The first-order valence-electron chi connectivity index (χ1n) is 6.63. The van der Waals surface area contributed by atoms with Crippen molar-refractivity contribution >= 4 is 17.9 Å². The zero-order chi connectivity index (χ0) is 19.7. The second-order valence-electron chi connectivity index (χ2n) is 4.15. The van der Waals surface area contributed by atoms with Gasteiger partial charge < -0.3 is 18.9 Å². The molecule has 0 bridgehead atoms. The van der Waals surface area contributed by atoms with Gasteiger partial charge in [-0.2, -0.15) is 0 Å². The average Bonchev–Trinajstić information content (AvgIpc) is 2.58. The van der Waals surface area contributed by atoms with Crippen LogP contribution in [0, 0.1) is 0 Å². The number of aromatic amines is 2. The molecule has 0 aromatic carbocycles. The summed E-state index contributed by atoms with van der Waals surface area (Å²) in [7, 11) is 0. The van der Waals surface area contributed by atoms with Gasteiger partial charge in [0.05, 0.1) is 0 Å². The second-order valence-corrected chi connectivity index (χ2v) is 4.15. The van der Waals surface area contributed by atoms with Crippen molar-refractivity contribution in [2.45, 2.75) is 5.97 Å². The predicted octanol–water partition coefficient (Wildman–Crippen LogP) is -1.32. The highest BCUT2D eigenvalue weighted by Gasteiger charge is 2.44. The molecule has 26 heavy (non-hydrogen) atoms. The van der Waals surface area contributed by atoms with E-state index in [4.69, 9.17) is 18.9 Å². The number of hydrogen-bond acceptors (Lipinski definition) is 10. The summed E-state index contributed by atoms with van der Waals surface area (Å²) in [6, 6.07) is -0.637. The number of carbonyl (C=O) groups is 3. The van der Waals surface area contributed by atoms with Gasteiger partial charge in [-0.3, -0.25) is 9.97 Å². The lowest BCUT2D eigenvalue weighted by Gasteiger charge is -2.29. The Morgan fingerprint density at radius 3 is 1.77 bits per heavy atom. The molecule has 1 rings (SSSR count). The molecular formula is C14H13N3O9. The summed E-state index contributed by atoms with van der Waals surface area (Å²) >= 11 is 0. The molecule has 0 aliphatic heterocycles. The van der Waals surface area contributed by atoms with Crippen LogP contribution in [0.2, 0.25) is 0 Å². The number of rotatable bonds is 9. The Morgan fingerprint density at radius 2 is 1.38 bits per heavy atom. The van der Waals surface area contributed by atoms with Gasteiger partial charge in [0, 0.05) is 18.2 Å². The lowest BCUT2D eigenvalue weighted by atomic mass is 10.5. The molecule has 0 unspecified atom stereocenters. The van der Waals surface area contributed by atoms with Gasteiger partial charge in [0.1, 0.15) is 0 Å². The summed E-state index contributed by atoms with van der Waals surface area (Å²) in [5.74, 6) is -6.22. The van der Waals surface area contributed by atoms with Gasteiger partial charge in [-0.25, -0.2) is 24.0 Å². The van der Waals surface area contributed by atoms with E-state index in [0.29, 0.717) is 18.2 Å². The minimum absolute atomic E-state index is 0.637. The van der Waals surface area contributed by atoms with Crippen LogP contribution >= 0.6 is 0 Å². The molecule has 0 aliphatic carbocycles. The zero-order valence-electron chi connectivity index (χ0n) is 13.2. The van der Waals surface area contributed by atoms with Gasteiger partial charge in [-0.05, 0) is 0 Å². The minimum Gasteiger partial charge on any atom is -0.452 e. The molecule has 1 heterocycles. The number of nitrogens with one attached hydrogen (secondary N) is 2. The standard InChI is InChI=1S/C14H13N3O9/c1-4-8(18)24-14(25-9(19)5-2,26-10(20)6-3)7-23-13-16-11(21)15-12(22)17-13/h4-6H,1-3,7H2,(H2,15,16,17,21,22). The Balaban J connectivity index is 3.23. The van der Waals surface area contributed by atoms with E-state index in [1.807, 2.05) is 4.98 Å². The molecule has 1 aromatic heterocycles. The molecule has 0 aliphatic rings. The van der Waals surface area contributed by atoms with Crippen LogP contribution in [-0.2, 0) is 28.6 Å². The van der Waals surface area contributed by atoms with Gasteiger partial charge in [0.15, 0.2) is 0 Å². The van der Waals surface area contributed by atoms with Gasteiger partial charge in [0.25, 0.3) is 0 Å². The molecule has 0 atom stereocenters. The predicted molar refractivity (Wildman–Crippen MR) is 82.6 cm³/mol. The molecule has 0 spiro atoms. The smallest absolute Gasteiger partial charge is 0.452 e. The van der Waals surface area contributed by atoms with E-state index in [1.54, 1.807) is 4.98 Å². The molecular weight excluding hydrogens is 354 g/mol. The van der Waals surface area contributed by atoms with Crippen LogP contribution in [0.25, 0.3) is 0 Å². The Morgan fingerprint density at radius 1 is 0.923 bits per heavy atom. The van der Waals surface area contributed by atoms with Crippen molar-refractivity contribution in [1.29, 1.82) is 0 Å². The molecule has 2 N–H and O–H groups in total. The summed E-state index contributed by atoms with van der Waals surface area (Å²) in [5, 5.41) is 0. The number of esters is 3. The van der Waals surface area contributed by atoms with E-state index in [0.717, 1.165) is 0 Å². The second kappa shape index (κ2) is 8.77. The first-order valence-corrected chi connectivity index (χ1v) is 6.63. The van der Waals surface area contributed by atoms with Crippen molar-refractivity contribution in [3.63, 3.8) is 0 Å². The fourth-order valence-corrected chi connectivity index (χ4v) is 1.33. The van der Waals surface area contributed by atoms with E-state index in [2.05, 4.69) is 24.7 Å². The first-order chi connectivity index (χ1) is 12.2. The van der Waals surface area contributed by atoms with Crippen molar-refractivity contribution in [3.8, 4) is 6.01 Å². The fraction of sp³-hybridized carbons (Fsp3) is 0.143. The number of carbonyl (C=O) groups excluding carboxylic acids is 3. The normalized spacial score (nSPS) is 10.2. The van der Waals surface area contributed by atoms with Crippen molar-refractivity contribution < 1.29 is 33.3 Å². The molecule has 0 fully saturated rings. The summed E-state index contributed by atoms with van der Waals surface area (Å²) in [4.78, 5) is 63.9. The summed E-state index contributed by atoms with van der Waals surface area (Å²) in [6.07, 6.45) is 2.06. The van der Waals surface area contributed by atoms with Crippen LogP contribution in [0.1, 0.15) is 0 Å². The van der Waals surface area contributed by atoms with Gasteiger partial charge >= 0.3 is 41.3 Å². The van der Waals surface area contributed by atoms with E-state index < -0.39 is 47.9 Å². The molecule has 0 amide bonds. The van der Waals surface area contributed by atoms with Crippen molar-refractivity contribution in [1.82, 2.24) is 15.0 Å². The topological polar surface area (TPSA) is 167 Å². The molecule has 0 radical (unpaired) electrons. The lowest BCUT2D eigenvalue weighted by molar-refractivity contribution is -0.333. The fourth-order valence-electron chi connectivity index (χ4n) is 1.33. The Hall–Kier alpha value is -3.96.